The molecule has 1 aliphatic heterocycles. The van der Waals surface area contributed by atoms with Crippen LogP contribution in [0.2, 0.25) is 0 Å². The van der Waals surface area contributed by atoms with Crippen LogP contribution in [-0.4, -0.2) is 11.2 Å². The van der Waals surface area contributed by atoms with Crippen molar-refractivity contribution < 1.29 is 4.74 Å². The van der Waals surface area contributed by atoms with E-state index in [1.54, 1.807) is 0 Å². The van der Waals surface area contributed by atoms with Gasteiger partial charge in [-0.2, -0.15) is 0 Å². The monoisotopic (exact) mass is 151 g/mol. The van der Waals surface area contributed by atoms with Crippen LogP contribution in [0.25, 0.3) is 0 Å². The molecule has 0 bridgehead atoms. The Bertz CT molecular complexity index is 229. The summed E-state index contributed by atoms with van der Waals surface area (Å²) in [5, 5.41) is 0. The van der Waals surface area contributed by atoms with E-state index in [1.165, 1.54) is 11.3 Å². The number of ether oxygens (including phenoxy) is 1. The zero-order chi connectivity index (χ0) is 7.68. The molecule has 1 aromatic rings. The first-order valence-corrected chi connectivity index (χ1v) is 4.16. The maximum absolute atomic E-state index is 5.33. The van der Waals surface area contributed by atoms with Gasteiger partial charge in [0.1, 0.15) is 0 Å². The number of aryl methyl sites for hydroxylation is 1. The van der Waals surface area contributed by atoms with Gasteiger partial charge in [0.25, 0.3) is 0 Å². The van der Waals surface area contributed by atoms with Gasteiger partial charge in [-0.3, -0.25) is 0 Å². The molecule has 0 saturated heterocycles. The van der Waals surface area contributed by atoms with Crippen LogP contribution < -0.4 is 0 Å². The van der Waals surface area contributed by atoms with Crippen LogP contribution in [0.5, 0.6) is 0 Å². The van der Waals surface area contributed by atoms with Crippen LogP contribution >= 0.6 is 0 Å². The van der Waals surface area contributed by atoms with E-state index in [4.69, 9.17) is 4.74 Å². The number of nitrogens with zero attached hydrogens (tertiary/aromatic N) is 1. The molecule has 0 aromatic carbocycles. The second-order valence-corrected chi connectivity index (χ2v) is 2.94. The molecule has 2 nitrogen and oxygen atoms in total. The zero-order valence-corrected chi connectivity index (χ0v) is 6.84. The van der Waals surface area contributed by atoms with E-state index in [2.05, 4.69) is 23.8 Å². The minimum absolute atomic E-state index is 0.792. The van der Waals surface area contributed by atoms with Gasteiger partial charge >= 0.3 is 0 Å². The van der Waals surface area contributed by atoms with Crippen molar-refractivity contribution in [1.82, 2.24) is 4.57 Å². The van der Waals surface area contributed by atoms with E-state index in [0.29, 0.717) is 0 Å². The fraction of sp³-hybridized carbons (Fsp3) is 0.556. The van der Waals surface area contributed by atoms with Gasteiger partial charge in [0.05, 0.1) is 13.2 Å². The fourth-order valence-corrected chi connectivity index (χ4v) is 1.48. The van der Waals surface area contributed by atoms with Crippen LogP contribution in [0, 0.1) is 0 Å². The van der Waals surface area contributed by atoms with Gasteiger partial charge in [-0.15, -0.1) is 0 Å². The Balaban J connectivity index is 2.32. The first-order chi connectivity index (χ1) is 5.40. The van der Waals surface area contributed by atoms with Gasteiger partial charge in [-0.25, -0.2) is 0 Å². The molecular formula is C9H13NO. The Hall–Kier alpha value is -0.760. The van der Waals surface area contributed by atoms with Crippen molar-refractivity contribution in [2.75, 3.05) is 6.61 Å². The average Bonchev–Trinajstić information content (AvgIpc) is 2.46. The van der Waals surface area contributed by atoms with Gasteiger partial charge < -0.3 is 9.30 Å². The van der Waals surface area contributed by atoms with E-state index in [9.17, 15) is 0 Å². The molecule has 0 spiro atoms. The lowest BCUT2D eigenvalue weighted by molar-refractivity contribution is 0.0850. The maximum atomic E-state index is 5.33. The molecule has 1 aliphatic rings. The Morgan fingerprint density at radius 1 is 1.64 bits per heavy atom. The second-order valence-electron chi connectivity index (χ2n) is 2.94. The highest BCUT2D eigenvalue weighted by atomic mass is 16.5. The number of fused-ring (bicyclic) bond motifs is 1. The Kier molecular flexibility index (Phi) is 1.70. The molecule has 11 heavy (non-hydrogen) atoms. The lowest BCUT2D eigenvalue weighted by atomic mass is 10.2. The standard InChI is InChI=1S/C9H13NO/c1-2-8-5-9-7-11-4-3-10(9)6-8/h5-6H,2-4,7H2,1H3. The van der Waals surface area contributed by atoms with Gasteiger partial charge in [0.2, 0.25) is 0 Å². The lowest BCUT2D eigenvalue weighted by Crippen LogP contribution is -2.14. The second kappa shape index (κ2) is 2.70. The van der Waals surface area contributed by atoms with E-state index in [-0.39, 0.29) is 0 Å². The predicted molar refractivity (Wildman–Crippen MR) is 43.5 cm³/mol. The summed E-state index contributed by atoms with van der Waals surface area (Å²) in [6.07, 6.45) is 3.36. The normalized spacial score (nSPS) is 16.5. The largest absolute Gasteiger partial charge is 0.373 e. The smallest absolute Gasteiger partial charge is 0.0868 e. The van der Waals surface area contributed by atoms with Crippen LogP contribution in [0.15, 0.2) is 12.3 Å². The molecular weight excluding hydrogens is 138 g/mol. The summed E-state index contributed by atoms with van der Waals surface area (Å²) in [5.74, 6) is 0. The van der Waals surface area contributed by atoms with E-state index < -0.39 is 0 Å². The molecule has 1 aromatic heterocycles. The molecule has 2 rings (SSSR count). The topological polar surface area (TPSA) is 14.2 Å². The Labute approximate surface area is 66.8 Å². The molecule has 60 valence electrons. The van der Waals surface area contributed by atoms with Gasteiger partial charge in [-0.05, 0) is 18.1 Å². The number of hydrogen-bond acceptors (Lipinski definition) is 1. The highest BCUT2D eigenvalue weighted by molar-refractivity contribution is 5.18. The minimum atomic E-state index is 0.792. The molecule has 0 aliphatic carbocycles. The first kappa shape index (κ1) is 6.92. The van der Waals surface area contributed by atoms with Crippen LogP contribution in [0.4, 0.5) is 0 Å². The van der Waals surface area contributed by atoms with Gasteiger partial charge in [0.15, 0.2) is 0 Å². The molecule has 0 unspecified atom stereocenters. The maximum Gasteiger partial charge on any atom is 0.0868 e. The number of aromatic nitrogens is 1. The van der Waals surface area contributed by atoms with E-state index >= 15 is 0 Å². The highest BCUT2D eigenvalue weighted by Gasteiger charge is 2.08. The Morgan fingerprint density at radius 3 is 3.27 bits per heavy atom. The molecule has 0 N–H and O–H groups in total. The molecule has 0 fully saturated rings. The van der Waals surface area contributed by atoms with E-state index in [1.807, 2.05) is 0 Å². The molecule has 0 atom stereocenters. The van der Waals surface area contributed by atoms with Crippen molar-refractivity contribution >= 4 is 0 Å². The van der Waals surface area contributed by atoms with Crippen LogP contribution in [-0.2, 0) is 24.3 Å². The molecule has 0 radical (unpaired) electrons. The molecule has 2 heterocycles. The summed E-state index contributed by atoms with van der Waals surface area (Å²) in [7, 11) is 0. The third-order valence-corrected chi connectivity index (χ3v) is 2.18. The summed E-state index contributed by atoms with van der Waals surface area (Å²) in [6.45, 7) is 4.86. The summed E-state index contributed by atoms with van der Waals surface area (Å²) in [5.41, 5.74) is 2.75. The van der Waals surface area contributed by atoms with Gasteiger partial charge in [-0.1, -0.05) is 6.92 Å². The summed E-state index contributed by atoms with van der Waals surface area (Å²) in [6, 6.07) is 2.24. The van der Waals surface area contributed by atoms with E-state index in [0.717, 1.165) is 26.2 Å². The van der Waals surface area contributed by atoms with Crippen molar-refractivity contribution in [3.8, 4) is 0 Å². The minimum Gasteiger partial charge on any atom is -0.373 e. The van der Waals surface area contributed by atoms with Crippen molar-refractivity contribution in [2.24, 2.45) is 0 Å². The average molecular weight is 151 g/mol. The number of hydrogen-bond donors (Lipinski definition) is 0. The van der Waals surface area contributed by atoms with Crippen molar-refractivity contribution in [3.63, 3.8) is 0 Å². The first-order valence-electron chi connectivity index (χ1n) is 4.16. The molecule has 2 heteroatoms. The fourth-order valence-electron chi connectivity index (χ4n) is 1.48. The Morgan fingerprint density at radius 2 is 2.55 bits per heavy atom. The third kappa shape index (κ3) is 1.18. The quantitative estimate of drug-likeness (QED) is 0.594. The van der Waals surface area contributed by atoms with Gasteiger partial charge in [0, 0.05) is 18.4 Å². The SMILES string of the molecule is CCc1cc2n(c1)CCOC2. The summed E-state index contributed by atoms with van der Waals surface area (Å²) in [4.78, 5) is 0. The summed E-state index contributed by atoms with van der Waals surface area (Å²) < 4.78 is 7.63. The summed E-state index contributed by atoms with van der Waals surface area (Å²) >= 11 is 0. The zero-order valence-electron chi connectivity index (χ0n) is 6.84. The van der Waals surface area contributed by atoms with Crippen molar-refractivity contribution in [3.05, 3.63) is 23.5 Å². The molecule has 0 saturated carbocycles. The van der Waals surface area contributed by atoms with Crippen molar-refractivity contribution in [2.45, 2.75) is 26.5 Å². The predicted octanol–water partition coefficient (Wildman–Crippen LogP) is 1.58. The lowest BCUT2D eigenvalue weighted by Gasteiger charge is -2.14. The third-order valence-electron chi connectivity index (χ3n) is 2.18. The van der Waals surface area contributed by atoms with Crippen LogP contribution in [0.3, 0.4) is 0 Å². The van der Waals surface area contributed by atoms with Crippen molar-refractivity contribution in [1.29, 1.82) is 0 Å². The number of rotatable bonds is 1. The highest BCUT2D eigenvalue weighted by Crippen LogP contribution is 2.13. The van der Waals surface area contributed by atoms with Crippen LogP contribution in [0.1, 0.15) is 18.2 Å². The molecule has 0 amide bonds.